The van der Waals surface area contributed by atoms with Crippen molar-refractivity contribution in [3.05, 3.63) is 35.6 Å². The molecule has 3 N–H and O–H groups in total. The van der Waals surface area contributed by atoms with E-state index in [1.165, 1.54) is 6.07 Å². The van der Waals surface area contributed by atoms with E-state index in [4.69, 9.17) is 10.5 Å². The maximum Gasteiger partial charge on any atom is 0.188 e. The number of benzene rings is 1. The summed E-state index contributed by atoms with van der Waals surface area (Å²) in [7, 11) is 0. The van der Waals surface area contributed by atoms with E-state index in [1.807, 2.05) is 13.0 Å². The van der Waals surface area contributed by atoms with E-state index in [0.717, 1.165) is 44.6 Å². The van der Waals surface area contributed by atoms with E-state index < -0.39 is 0 Å². The van der Waals surface area contributed by atoms with Crippen LogP contribution in [0.5, 0.6) is 0 Å². The number of halogens is 1. The summed E-state index contributed by atoms with van der Waals surface area (Å²) in [6, 6.07) is 6.65. The van der Waals surface area contributed by atoms with E-state index in [0.29, 0.717) is 12.5 Å². The zero-order chi connectivity index (χ0) is 14.6. The molecule has 4 nitrogen and oxygen atoms in total. The third kappa shape index (κ3) is 7.74. The zero-order valence-electron chi connectivity index (χ0n) is 12.1. The van der Waals surface area contributed by atoms with Crippen molar-refractivity contribution in [3.63, 3.8) is 0 Å². The molecular formula is C15H24FN3O. The van der Waals surface area contributed by atoms with Gasteiger partial charge >= 0.3 is 0 Å². The number of aliphatic imine (C=N–C) groups is 1. The Kier molecular flexibility index (Phi) is 8.38. The van der Waals surface area contributed by atoms with Crippen LogP contribution in [0.1, 0.15) is 25.3 Å². The van der Waals surface area contributed by atoms with Gasteiger partial charge in [0.15, 0.2) is 5.96 Å². The normalized spacial score (nSPS) is 11.6. The standard InChI is InChI=1S/C15H24FN3O/c1-2-20-11-5-10-19-15(17)18-9-4-7-13-6-3-8-14(16)12-13/h3,6,8,12H,2,4-5,7,9-11H2,1H3,(H3,17,18,19). The van der Waals surface area contributed by atoms with Crippen LogP contribution in [0.2, 0.25) is 0 Å². The third-order valence-corrected chi connectivity index (χ3v) is 2.77. The van der Waals surface area contributed by atoms with Gasteiger partial charge in [-0.05, 0) is 43.9 Å². The number of hydrogen-bond acceptors (Lipinski definition) is 2. The van der Waals surface area contributed by atoms with Gasteiger partial charge in [-0.15, -0.1) is 0 Å². The van der Waals surface area contributed by atoms with Gasteiger partial charge in [-0.1, -0.05) is 12.1 Å². The molecule has 0 bridgehead atoms. The fourth-order valence-corrected chi connectivity index (χ4v) is 1.77. The maximum absolute atomic E-state index is 13.0. The Hall–Kier alpha value is -1.62. The van der Waals surface area contributed by atoms with Crippen LogP contribution in [0, 0.1) is 5.82 Å². The van der Waals surface area contributed by atoms with Crippen LogP contribution < -0.4 is 11.1 Å². The number of hydrogen-bond donors (Lipinski definition) is 2. The van der Waals surface area contributed by atoms with Crippen molar-refractivity contribution in [2.75, 3.05) is 26.3 Å². The monoisotopic (exact) mass is 281 g/mol. The number of nitrogens with one attached hydrogen (secondary N) is 1. The van der Waals surface area contributed by atoms with Crippen molar-refractivity contribution < 1.29 is 9.13 Å². The number of guanidine groups is 1. The quantitative estimate of drug-likeness (QED) is 0.414. The Morgan fingerprint density at radius 1 is 1.40 bits per heavy atom. The van der Waals surface area contributed by atoms with Gasteiger partial charge in [-0.2, -0.15) is 0 Å². The fraction of sp³-hybridized carbons (Fsp3) is 0.533. The first kappa shape index (κ1) is 16.4. The average Bonchev–Trinajstić information content (AvgIpc) is 2.43. The van der Waals surface area contributed by atoms with Crippen molar-refractivity contribution in [2.24, 2.45) is 10.7 Å². The molecule has 0 amide bonds. The molecule has 0 aliphatic carbocycles. The molecule has 0 saturated carbocycles. The summed E-state index contributed by atoms with van der Waals surface area (Å²) in [4.78, 5) is 4.23. The van der Waals surface area contributed by atoms with E-state index in [2.05, 4.69) is 10.3 Å². The highest BCUT2D eigenvalue weighted by Crippen LogP contribution is 2.05. The van der Waals surface area contributed by atoms with Crippen molar-refractivity contribution in [1.29, 1.82) is 0 Å². The Bertz CT molecular complexity index is 410. The lowest BCUT2D eigenvalue weighted by Gasteiger charge is -2.05. The molecule has 20 heavy (non-hydrogen) atoms. The Balaban J connectivity index is 2.11. The molecule has 0 atom stereocenters. The molecule has 0 saturated heterocycles. The summed E-state index contributed by atoms with van der Waals surface area (Å²) in [5.41, 5.74) is 6.72. The molecule has 0 spiro atoms. The minimum absolute atomic E-state index is 0.193. The third-order valence-electron chi connectivity index (χ3n) is 2.77. The second kappa shape index (κ2) is 10.2. The molecule has 112 valence electrons. The number of nitrogens with two attached hydrogens (primary N) is 1. The molecule has 1 aromatic carbocycles. The highest BCUT2D eigenvalue weighted by molar-refractivity contribution is 5.77. The van der Waals surface area contributed by atoms with E-state index in [1.54, 1.807) is 12.1 Å². The molecule has 1 aromatic rings. The van der Waals surface area contributed by atoms with Gasteiger partial charge in [-0.3, -0.25) is 4.99 Å². The molecule has 0 heterocycles. The smallest absolute Gasteiger partial charge is 0.188 e. The van der Waals surface area contributed by atoms with Crippen molar-refractivity contribution in [1.82, 2.24) is 5.32 Å². The summed E-state index contributed by atoms with van der Waals surface area (Å²) >= 11 is 0. The van der Waals surface area contributed by atoms with Crippen LogP contribution in [0.25, 0.3) is 0 Å². The molecular weight excluding hydrogens is 257 g/mol. The van der Waals surface area contributed by atoms with Crippen LogP contribution in [-0.4, -0.2) is 32.3 Å². The van der Waals surface area contributed by atoms with E-state index in [-0.39, 0.29) is 5.82 Å². The molecule has 0 aromatic heterocycles. The van der Waals surface area contributed by atoms with Crippen molar-refractivity contribution in [3.8, 4) is 0 Å². The minimum Gasteiger partial charge on any atom is -0.382 e. The lowest BCUT2D eigenvalue weighted by Crippen LogP contribution is -2.33. The molecule has 0 radical (unpaired) electrons. The molecule has 1 rings (SSSR count). The molecule has 0 aliphatic heterocycles. The highest BCUT2D eigenvalue weighted by Gasteiger charge is 1.96. The van der Waals surface area contributed by atoms with E-state index >= 15 is 0 Å². The lowest BCUT2D eigenvalue weighted by molar-refractivity contribution is 0.145. The minimum atomic E-state index is -0.193. The van der Waals surface area contributed by atoms with Gasteiger partial charge in [0.2, 0.25) is 0 Å². The lowest BCUT2D eigenvalue weighted by atomic mass is 10.1. The van der Waals surface area contributed by atoms with Gasteiger partial charge in [0.25, 0.3) is 0 Å². The van der Waals surface area contributed by atoms with Gasteiger partial charge in [0, 0.05) is 26.3 Å². The summed E-state index contributed by atoms with van der Waals surface area (Å²) in [6.45, 7) is 4.85. The van der Waals surface area contributed by atoms with Crippen LogP contribution in [0.3, 0.4) is 0 Å². The summed E-state index contributed by atoms with van der Waals surface area (Å²) in [5.74, 6) is 0.266. The first-order chi connectivity index (χ1) is 9.72. The largest absolute Gasteiger partial charge is 0.382 e. The Morgan fingerprint density at radius 3 is 3.00 bits per heavy atom. The highest BCUT2D eigenvalue weighted by atomic mass is 19.1. The predicted octanol–water partition coefficient (Wildman–Crippen LogP) is 2.09. The van der Waals surface area contributed by atoms with Gasteiger partial charge in [0.05, 0.1) is 0 Å². The van der Waals surface area contributed by atoms with Crippen LogP contribution in [0.4, 0.5) is 4.39 Å². The molecule has 0 unspecified atom stereocenters. The van der Waals surface area contributed by atoms with Crippen molar-refractivity contribution >= 4 is 5.96 Å². The molecule has 0 fully saturated rings. The van der Waals surface area contributed by atoms with Gasteiger partial charge in [0.1, 0.15) is 5.82 Å². The van der Waals surface area contributed by atoms with Gasteiger partial charge in [-0.25, -0.2) is 4.39 Å². The first-order valence-corrected chi connectivity index (χ1v) is 7.08. The Morgan fingerprint density at radius 2 is 2.25 bits per heavy atom. The van der Waals surface area contributed by atoms with Crippen molar-refractivity contribution in [2.45, 2.75) is 26.2 Å². The summed E-state index contributed by atoms with van der Waals surface area (Å²) in [6.07, 6.45) is 2.57. The summed E-state index contributed by atoms with van der Waals surface area (Å²) < 4.78 is 18.2. The average molecular weight is 281 g/mol. The SMILES string of the molecule is CCOCCCNC(N)=NCCCc1cccc(F)c1. The van der Waals surface area contributed by atoms with Crippen LogP contribution in [0.15, 0.2) is 29.3 Å². The first-order valence-electron chi connectivity index (χ1n) is 7.08. The Labute approximate surface area is 120 Å². The van der Waals surface area contributed by atoms with Crippen LogP contribution in [-0.2, 0) is 11.2 Å². The van der Waals surface area contributed by atoms with Crippen LogP contribution >= 0.6 is 0 Å². The summed E-state index contributed by atoms with van der Waals surface area (Å²) in [5, 5.41) is 3.04. The fourth-order valence-electron chi connectivity index (χ4n) is 1.77. The number of aryl methyl sites for hydroxylation is 1. The number of rotatable bonds is 9. The second-order valence-electron chi connectivity index (χ2n) is 4.48. The predicted molar refractivity (Wildman–Crippen MR) is 80.3 cm³/mol. The zero-order valence-corrected chi connectivity index (χ0v) is 12.1. The van der Waals surface area contributed by atoms with E-state index in [9.17, 15) is 4.39 Å². The number of nitrogens with zero attached hydrogens (tertiary/aromatic N) is 1. The second-order valence-corrected chi connectivity index (χ2v) is 4.48. The van der Waals surface area contributed by atoms with Gasteiger partial charge < -0.3 is 15.8 Å². The molecule has 0 aliphatic rings. The maximum atomic E-state index is 13.0. The topological polar surface area (TPSA) is 59.6 Å². The number of ether oxygens (including phenoxy) is 1. The molecule has 5 heteroatoms.